The minimum atomic E-state index is -0.563. The third-order valence-corrected chi connectivity index (χ3v) is 3.62. The van der Waals surface area contributed by atoms with Crippen LogP contribution >= 0.6 is 11.8 Å². The largest absolute Gasteiger partial charge is 0.346 e. The van der Waals surface area contributed by atoms with Crippen LogP contribution in [0.15, 0.2) is 39.4 Å². The van der Waals surface area contributed by atoms with E-state index >= 15 is 0 Å². The number of pyridine rings is 1. The highest BCUT2D eigenvalue weighted by Crippen LogP contribution is 2.26. The zero-order valence-electron chi connectivity index (χ0n) is 11.3. The summed E-state index contributed by atoms with van der Waals surface area (Å²) in [4.78, 5) is 22.1. The van der Waals surface area contributed by atoms with E-state index in [0.717, 1.165) is 11.8 Å². The molecular formula is C12H12N8OS. The number of amidine groups is 1. The molecule has 10 heteroatoms. The Balaban J connectivity index is 2.46. The lowest BCUT2D eigenvalue weighted by Gasteiger charge is -2.08. The fourth-order valence-electron chi connectivity index (χ4n) is 1.64. The molecule has 0 spiro atoms. The normalized spacial score (nSPS) is 11.0. The van der Waals surface area contributed by atoms with Crippen LogP contribution in [-0.4, -0.2) is 26.5 Å². The Hall–Kier alpha value is -2.90. The average Bonchev–Trinajstić information content (AvgIpc) is 2.56. The molecule has 2 heterocycles. The lowest BCUT2D eigenvalue weighted by molar-refractivity contribution is 0.968. The predicted molar refractivity (Wildman–Crippen MR) is 82.5 cm³/mol. The van der Waals surface area contributed by atoms with Crippen LogP contribution in [0, 0.1) is 11.3 Å². The second-order valence-electron chi connectivity index (χ2n) is 3.96. The number of H-pyrrole nitrogens is 1. The van der Waals surface area contributed by atoms with E-state index in [9.17, 15) is 10.1 Å². The molecule has 0 fully saturated rings. The van der Waals surface area contributed by atoms with E-state index in [1.165, 1.54) is 0 Å². The van der Waals surface area contributed by atoms with Crippen molar-refractivity contribution in [3.8, 4) is 17.3 Å². The third-order valence-electron chi connectivity index (χ3n) is 2.63. The van der Waals surface area contributed by atoms with Crippen LogP contribution in [0.2, 0.25) is 0 Å². The predicted octanol–water partition coefficient (Wildman–Crippen LogP) is -0.469. The van der Waals surface area contributed by atoms with Gasteiger partial charge in [-0.3, -0.25) is 4.98 Å². The Kier molecular flexibility index (Phi) is 5.07. The number of hydrogen-bond donors (Lipinski definition) is 4. The number of thioether (sulfide) groups is 1. The number of hydrazine groups is 1. The van der Waals surface area contributed by atoms with Gasteiger partial charge in [0.25, 0.3) is 0 Å². The monoisotopic (exact) mass is 316 g/mol. The smallest absolute Gasteiger partial charge is 0.322 e. The lowest BCUT2D eigenvalue weighted by Crippen LogP contribution is -2.33. The van der Waals surface area contributed by atoms with Crippen molar-refractivity contribution in [3.63, 3.8) is 0 Å². The first-order valence-corrected chi connectivity index (χ1v) is 6.99. The summed E-state index contributed by atoms with van der Waals surface area (Å²) in [5.41, 5.74) is 2.98. The number of aromatic nitrogens is 3. The Labute approximate surface area is 129 Å². The lowest BCUT2D eigenvalue weighted by atomic mass is 10.1. The van der Waals surface area contributed by atoms with Crippen molar-refractivity contribution in [2.75, 3.05) is 5.75 Å². The molecule has 0 aliphatic carbocycles. The van der Waals surface area contributed by atoms with E-state index in [-0.39, 0.29) is 16.3 Å². The summed E-state index contributed by atoms with van der Waals surface area (Å²) in [6, 6.07) is 5.49. The van der Waals surface area contributed by atoms with Crippen molar-refractivity contribution in [3.05, 3.63) is 40.6 Å². The van der Waals surface area contributed by atoms with Gasteiger partial charge >= 0.3 is 5.69 Å². The van der Waals surface area contributed by atoms with Crippen molar-refractivity contribution in [2.45, 2.75) is 5.03 Å². The molecule has 0 radical (unpaired) electrons. The van der Waals surface area contributed by atoms with Crippen LogP contribution < -0.4 is 22.8 Å². The van der Waals surface area contributed by atoms with E-state index in [1.807, 2.05) is 6.07 Å². The minimum Gasteiger partial charge on any atom is -0.322 e. The van der Waals surface area contributed by atoms with Crippen molar-refractivity contribution in [1.29, 1.82) is 5.26 Å². The fourth-order valence-corrected chi connectivity index (χ4v) is 2.51. The standard InChI is InChI=1S/C12H12N8OS/c13-4-8-10(7-2-1-3-16-5-7)17-12(21)18-11(8)22-6-9(19-14)20-15/h1-3,5H,6,14-15H2,(H,19,20)(H,17,18,21). The molecule has 0 atom stereocenters. The van der Waals surface area contributed by atoms with Crippen LogP contribution in [0.25, 0.3) is 11.3 Å². The number of hydrogen-bond acceptors (Lipinski definition) is 8. The van der Waals surface area contributed by atoms with Crippen molar-refractivity contribution < 1.29 is 0 Å². The topological polar surface area (TPSA) is 159 Å². The molecule has 2 aromatic heterocycles. The molecule has 112 valence electrons. The fraction of sp³-hybridized carbons (Fsp3) is 0.0833. The molecule has 0 unspecified atom stereocenters. The van der Waals surface area contributed by atoms with Crippen LogP contribution in [0.1, 0.15) is 5.56 Å². The van der Waals surface area contributed by atoms with E-state index in [2.05, 4.69) is 25.5 Å². The number of rotatable bonds is 4. The van der Waals surface area contributed by atoms with Crippen LogP contribution in [0.4, 0.5) is 0 Å². The Morgan fingerprint density at radius 1 is 1.59 bits per heavy atom. The van der Waals surface area contributed by atoms with Crippen LogP contribution in [0.3, 0.4) is 0 Å². The summed E-state index contributed by atoms with van der Waals surface area (Å²) < 4.78 is 0. The molecule has 0 bridgehead atoms. The van der Waals surface area contributed by atoms with Crippen molar-refractivity contribution in [1.82, 2.24) is 20.4 Å². The molecule has 22 heavy (non-hydrogen) atoms. The number of nitrogens with two attached hydrogens (primary N) is 2. The zero-order chi connectivity index (χ0) is 15.9. The van der Waals surface area contributed by atoms with Gasteiger partial charge in [-0.05, 0) is 12.1 Å². The molecule has 0 amide bonds. The summed E-state index contributed by atoms with van der Waals surface area (Å²) in [5.74, 6) is 10.9. The summed E-state index contributed by atoms with van der Waals surface area (Å²) in [7, 11) is 0. The van der Waals surface area contributed by atoms with Crippen LogP contribution in [-0.2, 0) is 0 Å². The molecule has 9 nitrogen and oxygen atoms in total. The Morgan fingerprint density at radius 3 is 3.00 bits per heavy atom. The van der Waals surface area contributed by atoms with Crippen LogP contribution in [0.5, 0.6) is 0 Å². The van der Waals surface area contributed by atoms with E-state index < -0.39 is 5.69 Å². The van der Waals surface area contributed by atoms with E-state index in [4.69, 9.17) is 11.7 Å². The van der Waals surface area contributed by atoms with Gasteiger partial charge in [-0.2, -0.15) is 15.3 Å². The molecule has 0 aliphatic rings. The third kappa shape index (κ3) is 3.40. The molecule has 2 rings (SSSR count). The molecule has 2 aromatic rings. The van der Waals surface area contributed by atoms with Gasteiger partial charge in [-0.15, -0.1) is 0 Å². The first-order chi connectivity index (χ1) is 10.7. The molecule has 0 saturated carbocycles. The second kappa shape index (κ2) is 7.21. The maximum absolute atomic E-state index is 11.7. The Bertz CT molecular complexity index is 780. The Morgan fingerprint density at radius 2 is 2.41 bits per heavy atom. The van der Waals surface area contributed by atoms with Gasteiger partial charge in [0.05, 0.1) is 11.4 Å². The molecule has 6 N–H and O–H groups in total. The van der Waals surface area contributed by atoms with Crippen molar-refractivity contribution >= 4 is 17.6 Å². The SMILES string of the molecule is N#Cc1c(SC/C(=N/N)NN)nc(=O)[nH]c1-c1cccnc1. The highest BCUT2D eigenvalue weighted by Gasteiger charge is 2.15. The summed E-state index contributed by atoms with van der Waals surface area (Å²) in [6.45, 7) is 0. The second-order valence-corrected chi connectivity index (χ2v) is 4.92. The average molecular weight is 316 g/mol. The molecule has 0 saturated heterocycles. The van der Waals surface area contributed by atoms with Gasteiger partial charge in [-0.25, -0.2) is 10.6 Å². The maximum atomic E-state index is 11.7. The summed E-state index contributed by atoms with van der Waals surface area (Å²) in [6.07, 6.45) is 3.15. The zero-order valence-corrected chi connectivity index (χ0v) is 12.1. The highest BCUT2D eigenvalue weighted by atomic mass is 32.2. The van der Waals surface area contributed by atoms with Gasteiger partial charge in [0.15, 0.2) is 0 Å². The molecule has 0 aromatic carbocycles. The van der Waals surface area contributed by atoms with Gasteiger partial charge in [0.1, 0.15) is 22.5 Å². The minimum absolute atomic E-state index is 0.241. The van der Waals surface area contributed by atoms with Gasteiger partial charge in [0.2, 0.25) is 0 Å². The maximum Gasteiger partial charge on any atom is 0.346 e. The van der Waals surface area contributed by atoms with E-state index in [0.29, 0.717) is 17.1 Å². The number of hydrazone groups is 1. The molecular weight excluding hydrogens is 304 g/mol. The summed E-state index contributed by atoms with van der Waals surface area (Å²) in [5, 5.41) is 13.1. The number of nitriles is 1. The van der Waals surface area contributed by atoms with Crippen molar-refractivity contribution in [2.24, 2.45) is 16.8 Å². The number of nitrogens with zero attached hydrogens (tertiary/aromatic N) is 4. The van der Waals surface area contributed by atoms with Gasteiger partial charge in [-0.1, -0.05) is 11.8 Å². The first-order valence-electron chi connectivity index (χ1n) is 6.00. The first kappa shape index (κ1) is 15.5. The number of nitrogens with one attached hydrogen (secondary N) is 2. The van der Waals surface area contributed by atoms with E-state index in [1.54, 1.807) is 24.5 Å². The van der Waals surface area contributed by atoms with Gasteiger partial charge in [0, 0.05) is 18.0 Å². The van der Waals surface area contributed by atoms with Gasteiger partial charge < -0.3 is 16.3 Å². The summed E-state index contributed by atoms with van der Waals surface area (Å²) >= 11 is 1.12. The molecule has 0 aliphatic heterocycles. The number of aromatic amines is 1. The quantitative estimate of drug-likeness (QED) is 0.147. The highest BCUT2D eigenvalue weighted by molar-refractivity contribution is 8.00.